The van der Waals surface area contributed by atoms with Crippen LogP contribution in [0.2, 0.25) is 0 Å². The molecule has 4 nitrogen and oxygen atoms in total. The first kappa shape index (κ1) is 9.84. The van der Waals surface area contributed by atoms with Gasteiger partial charge in [-0.1, -0.05) is 12.1 Å². The summed E-state index contributed by atoms with van der Waals surface area (Å²) in [5.41, 5.74) is 9.50. The normalized spacial score (nSPS) is 10.9. The molecule has 0 bridgehead atoms. The van der Waals surface area contributed by atoms with E-state index in [9.17, 15) is 0 Å². The first-order valence-electron chi connectivity index (χ1n) is 5.40. The number of aryl methyl sites for hydroxylation is 1. The molecule has 2 aromatic heterocycles. The average molecular weight is 224 g/mol. The third-order valence-electron chi connectivity index (χ3n) is 2.84. The van der Waals surface area contributed by atoms with Crippen molar-refractivity contribution in [1.29, 1.82) is 0 Å². The fourth-order valence-electron chi connectivity index (χ4n) is 1.83. The number of nitrogens with zero attached hydrogens (tertiary/aromatic N) is 3. The number of fused-ring (bicyclic) bond motifs is 1. The van der Waals surface area contributed by atoms with Gasteiger partial charge in [0.2, 0.25) is 0 Å². The molecule has 0 fully saturated rings. The monoisotopic (exact) mass is 224 g/mol. The highest BCUT2D eigenvalue weighted by molar-refractivity contribution is 5.76. The fraction of sp³-hybridized carbons (Fsp3) is 0.0769. The van der Waals surface area contributed by atoms with Crippen LogP contribution < -0.4 is 5.73 Å². The molecular formula is C13H12N4. The Bertz CT molecular complexity index is 685. The Labute approximate surface area is 98.7 Å². The van der Waals surface area contributed by atoms with Gasteiger partial charge in [0, 0.05) is 0 Å². The molecule has 17 heavy (non-hydrogen) atoms. The number of hydrogen-bond acceptors (Lipinski definition) is 3. The van der Waals surface area contributed by atoms with Gasteiger partial charge in [-0.25, -0.2) is 9.97 Å². The number of pyridine rings is 1. The van der Waals surface area contributed by atoms with Crippen LogP contribution in [0.25, 0.3) is 16.9 Å². The molecule has 0 saturated carbocycles. The van der Waals surface area contributed by atoms with Gasteiger partial charge < -0.3 is 5.73 Å². The third-order valence-corrected chi connectivity index (χ3v) is 2.84. The highest BCUT2D eigenvalue weighted by Crippen LogP contribution is 2.18. The molecule has 0 amide bonds. The summed E-state index contributed by atoms with van der Waals surface area (Å²) >= 11 is 0. The zero-order valence-electron chi connectivity index (χ0n) is 9.46. The van der Waals surface area contributed by atoms with E-state index in [4.69, 9.17) is 5.73 Å². The van der Waals surface area contributed by atoms with Crippen LogP contribution in [0.15, 0.2) is 42.9 Å². The number of aromatic nitrogens is 3. The maximum Gasteiger partial charge on any atom is 0.138 e. The number of hydrogen-bond donors (Lipinski definition) is 1. The molecule has 0 atom stereocenters. The summed E-state index contributed by atoms with van der Waals surface area (Å²) in [7, 11) is 0. The summed E-state index contributed by atoms with van der Waals surface area (Å²) in [6, 6.07) is 9.93. The van der Waals surface area contributed by atoms with Gasteiger partial charge in [-0.2, -0.15) is 0 Å². The Morgan fingerprint density at radius 1 is 1.18 bits per heavy atom. The van der Waals surface area contributed by atoms with E-state index < -0.39 is 0 Å². The lowest BCUT2D eigenvalue weighted by atomic mass is 10.2. The maximum absolute atomic E-state index is 5.77. The predicted octanol–water partition coefficient (Wildman–Crippen LogP) is 2.31. The van der Waals surface area contributed by atoms with E-state index in [2.05, 4.69) is 9.97 Å². The maximum atomic E-state index is 5.77. The van der Waals surface area contributed by atoms with Crippen LogP contribution in [0.1, 0.15) is 5.56 Å². The quantitative estimate of drug-likeness (QED) is 0.690. The van der Waals surface area contributed by atoms with Gasteiger partial charge in [0.1, 0.15) is 12.1 Å². The summed E-state index contributed by atoms with van der Waals surface area (Å²) in [5, 5.41) is 0. The highest BCUT2D eigenvalue weighted by atomic mass is 15.1. The molecule has 0 unspecified atom stereocenters. The van der Waals surface area contributed by atoms with Gasteiger partial charge in [-0.15, -0.1) is 0 Å². The van der Waals surface area contributed by atoms with Crippen LogP contribution in [-0.4, -0.2) is 14.5 Å². The lowest BCUT2D eigenvalue weighted by Gasteiger charge is -2.05. The summed E-state index contributed by atoms with van der Waals surface area (Å²) < 4.78 is 1.96. The molecule has 3 aromatic rings. The van der Waals surface area contributed by atoms with Crippen molar-refractivity contribution in [3.05, 3.63) is 48.4 Å². The summed E-state index contributed by atoms with van der Waals surface area (Å²) in [4.78, 5) is 8.67. The number of benzene rings is 1. The van der Waals surface area contributed by atoms with E-state index in [1.807, 2.05) is 41.8 Å². The smallest absolute Gasteiger partial charge is 0.138 e. The zero-order valence-corrected chi connectivity index (χ0v) is 9.46. The number of para-hydroxylation sites is 2. The molecule has 2 N–H and O–H groups in total. The van der Waals surface area contributed by atoms with E-state index in [1.165, 1.54) is 0 Å². The largest absolute Gasteiger partial charge is 0.397 e. The molecule has 4 heteroatoms. The SMILES string of the molecule is Cc1cc(-n2cnc3ccccc32)ncc1N. The highest BCUT2D eigenvalue weighted by Gasteiger charge is 2.05. The lowest BCUT2D eigenvalue weighted by molar-refractivity contribution is 1.02. The summed E-state index contributed by atoms with van der Waals surface area (Å²) in [5.74, 6) is 0.838. The molecular weight excluding hydrogens is 212 g/mol. The van der Waals surface area contributed by atoms with E-state index >= 15 is 0 Å². The second-order valence-electron chi connectivity index (χ2n) is 4.00. The van der Waals surface area contributed by atoms with Gasteiger partial charge in [0.15, 0.2) is 0 Å². The van der Waals surface area contributed by atoms with Crippen molar-refractivity contribution in [2.24, 2.45) is 0 Å². The average Bonchev–Trinajstić information content (AvgIpc) is 2.76. The second kappa shape index (κ2) is 3.59. The second-order valence-corrected chi connectivity index (χ2v) is 4.00. The number of nitrogen functional groups attached to an aromatic ring is 1. The zero-order chi connectivity index (χ0) is 11.8. The topological polar surface area (TPSA) is 56.7 Å². The van der Waals surface area contributed by atoms with Crippen molar-refractivity contribution < 1.29 is 0 Å². The first-order valence-corrected chi connectivity index (χ1v) is 5.40. The summed E-state index contributed by atoms with van der Waals surface area (Å²) in [6.07, 6.45) is 3.46. The number of anilines is 1. The minimum atomic E-state index is 0.707. The lowest BCUT2D eigenvalue weighted by Crippen LogP contribution is -1.99. The van der Waals surface area contributed by atoms with E-state index in [0.717, 1.165) is 22.4 Å². The van der Waals surface area contributed by atoms with Crippen LogP contribution in [0.5, 0.6) is 0 Å². The van der Waals surface area contributed by atoms with Crippen molar-refractivity contribution in [2.75, 3.05) is 5.73 Å². The Morgan fingerprint density at radius 2 is 2.00 bits per heavy atom. The van der Waals surface area contributed by atoms with Crippen LogP contribution in [-0.2, 0) is 0 Å². The predicted molar refractivity (Wildman–Crippen MR) is 68.0 cm³/mol. The third kappa shape index (κ3) is 1.54. The van der Waals surface area contributed by atoms with Gasteiger partial charge >= 0.3 is 0 Å². The Kier molecular flexibility index (Phi) is 2.08. The molecule has 84 valence electrons. The molecule has 0 radical (unpaired) electrons. The Balaban J connectivity index is 2.24. The molecule has 0 aliphatic carbocycles. The van der Waals surface area contributed by atoms with Gasteiger partial charge in [0.05, 0.1) is 22.9 Å². The van der Waals surface area contributed by atoms with E-state index in [0.29, 0.717) is 5.69 Å². The number of nitrogens with two attached hydrogens (primary N) is 1. The van der Waals surface area contributed by atoms with Crippen LogP contribution in [0.4, 0.5) is 5.69 Å². The summed E-state index contributed by atoms with van der Waals surface area (Å²) in [6.45, 7) is 1.97. The number of imidazole rings is 1. The van der Waals surface area contributed by atoms with Crippen molar-refractivity contribution in [1.82, 2.24) is 14.5 Å². The van der Waals surface area contributed by atoms with Crippen molar-refractivity contribution in [2.45, 2.75) is 6.92 Å². The van der Waals surface area contributed by atoms with Gasteiger partial charge in [-0.3, -0.25) is 4.57 Å². The van der Waals surface area contributed by atoms with E-state index in [-0.39, 0.29) is 0 Å². The minimum Gasteiger partial charge on any atom is -0.397 e. The molecule has 2 heterocycles. The Morgan fingerprint density at radius 3 is 2.82 bits per heavy atom. The molecule has 1 aromatic carbocycles. The Hall–Kier alpha value is -2.36. The molecule has 0 saturated heterocycles. The molecule has 0 spiro atoms. The molecule has 0 aliphatic heterocycles. The van der Waals surface area contributed by atoms with Crippen molar-refractivity contribution in [3.63, 3.8) is 0 Å². The van der Waals surface area contributed by atoms with E-state index in [1.54, 1.807) is 12.5 Å². The fourth-order valence-corrected chi connectivity index (χ4v) is 1.83. The molecule has 3 rings (SSSR count). The van der Waals surface area contributed by atoms with Crippen molar-refractivity contribution in [3.8, 4) is 5.82 Å². The standard InChI is InChI=1S/C13H12N4/c1-9-6-13(15-7-10(9)14)17-8-16-11-4-2-3-5-12(11)17/h2-8H,14H2,1H3. The van der Waals surface area contributed by atoms with Crippen molar-refractivity contribution >= 4 is 16.7 Å². The number of rotatable bonds is 1. The van der Waals surface area contributed by atoms with Crippen LogP contribution >= 0.6 is 0 Å². The van der Waals surface area contributed by atoms with Crippen LogP contribution in [0, 0.1) is 6.92 Å². The van der Waals surface area contributed by atoms with Crippen LogP contribution in [0.3, 0.4) is 0 Å². The van der Waals surface area contributed by atoms with Gasteiger partial charge in [-0.05, 0) is 30.7 Å². The minimum absolute atomic E-state index is 0.707. The first-order chi connectivity index (χ1) is 8.25. The van der Waals surface area contributed by atoms with Gasteiger partial charge in [0.25, 0.3) is 0 Å². The molecule has 0 aliphatic rings.